The van der Waals surface area contributed by atoms with E-state index in [-0.39, 0.29) is 23.5 Å². The molecule has 4 bridgehead atoms. The Balaban J connectivity index is 1.27. The van der Waals surface area contributed by atoms with Crippen molar-refractivity contribution < 1.29 is 18.7 Å². The van der Waals surface area contributed by atoms with Crippen molar-refractivity contribution in [3.05, 3.63) is 35.6 Å². The van der Waals surface area contributed by atoms with Crippen LogP contribution >= 0.6 is 0 Å². The van der Waals surface area contributed by atoms with Gasteiger partial charge in [0.05, 0.1) is 5.56 Å². The first-order valence-corrected chi connectivity index (χ1v) is 9.21. The molecule has 0 aromatic heterocycles. The summed E-state index contributed by atoms with van der Waals surface area (Å²) in [5.74, 6) is 0.760. The zero-order chi connectivity index (χ0) is 17.4. The normalized spacial score (nSPS) is 32.4. The number of benzene rings is 1. The van der Waals surface area contributed by atoms with Crippen LogP contribution in [0.3, 0.4) is 0 Å². The molecule has 0 saturated heterocycles. The van der Waals surface area contributed by atoms with Gasteiger partial charge in [0.2, 0.25) is 0 Å². The van der Waals surface area contributed by atoms with E-state index in [2.05, 4.69) is 5.32 Å². The smallest absolute Gasteiger partial charge is 0.341 e. The summed E-state index contributed by atoms with van der Waals surface area (Å²) in [5, 5.41) is 2.95. The molecule has 4 fully saturated rings. The van der Waals surface area contributed by atoms with Crippen LogP contribution in [-0.2, 0) is 9.53 Å². The molecule has 1 aromatic carbocycles. The van der Waals surface area contributed by atoms with Gasteiger partial charge in [-0.25, -0.2) is 9.18 Å². The fraction of sp³-hybridized carbons (Fsp3) is 0.600. The number of carbonyl (C=O) groups excluding carboxylic acids is 2. The third-order valence-electron chi connectivity index (χ3n) is 6.25. The van der Waals surface area contributed by atoms with E-state index in [0.717, 1.165) is 17.8 Å². The largest absolute Gasteiger partial charge is 0.452 e. The number of nitrogens with one attached hydrogen (secondary N) is 1. The molecule has 0 radical (unpaired) electrons. The summed E-state index contributed by atoms with van der Waals surface area (Å²) in [6.45, 7) is 0.312. The molecule has 0 aliphatic heterocycles. The van der Waals surface area contributed by atoms with Crippen LogP contribution in [0.1, 0.15) is 48.9 Å². The van der Waals surface area contributed by atoms with Crippen LogP contribution in [0.15, 0.2) is 24.3 Å². The molecule has 1 amide bonds. The van der Waals surface area contributed by atoms with Gasteiger partial charge >= 0.3 is 5.97 Å². The Hall–Kier alpha value is -1.91. The highest BCUT2D eigenvalue weighted by atomic mass is 19.1. The average Bonchev–Trinajstić information content (AvgIpc) is 2.57. The lowest BCUT2D eigenvalue weighted by molar-refractivity contribution is -0.126. The molecule has 25 heavy (non-hydrogen) atoms. The predicted molar refractivity (Wildman–Crippen MR) is 90.3 cm³/mol. The van der Waals surface area contributed by atoms with E-state index in [1.54, 1.807) is 6.07 Å². The van der Waals surface area contributed by atoms with E-state index < -0.39 is 11.8 Å². The minimum atomic E-state index is -0.803. The SMILES string of the molecule is O=C(COC(=O)c1ccccc1F)NCC12CC3CC(CC(C3)C1)C2. The van der Waals surface area contributed by atoms with Gasteiger partial charge in [-0.1, -0.05) is 12.1 Å². The topological polar surface area (TPSA) is 55.4 Å². The van der Waals surface area contributed by atoms with Gasteiger partial charge in [0.25, 0.3) is 5.91 Å². The Labute approximate surface area is 147 Å². The fourth-order valence-corrected chi connectivity index (χ4v) is 5.68. The van der Waals surface area contributed by atoms with E-state index in [9.17, 15) is 14.0 Å². The van der Waals surface area contributed by atoms with Crippen LogP contribution in [0.5, 0.6) is 0 Å². The van der Waals surface area contributed by atoms with Crippen LogP contribution in [0.4, 0.5) is 4.39 Å². The Morgan fingerprint density at radius 2 is 1.68 bits per heavy atom. The molecule has 4 aliphatic carbocycles. The molecule has 0 spiro atoms. The monoisotopic (exact) mass is 345 g/mol. The summed E-state index contributed by atoms with van der Waals surface area (Å²) < 4.78 is 18.5. The van der Waals surface area contributed by atoms with Crippen LogP contribution in [0.2, 0.25) is 0 Å². The minimum Gasteiger partial charge on any atom is -0.452 e. The maximum atomic E-state index is 13.5. The van der Waals surface area contributed by atoms with Crippen LogP contribution in [0, 0.1) is 29.0 Å². The van der Waals surface area contributed by atoms with E-state index in [1.807, 2.05) is 0 Å². The molecule has 0 unspecified atom stereocenters. The Bertz CT molecular complexity index is 652. The van der Waals surface area contributed by atoms with Gasteiger partial charge < -0.3 is 10.1 Å². The number of ether oxygens (including phenoxy) is 1. The van der Waals surface area contributed by atoms with Gasteiger partial charge in [-0.2, -0.15) is 0 Å². The van der Waals surface area contributed by atoms with E-state index in [0.29, 0.717) is 6.54 Å². The average molecular weight is 345 g/mol. The first-order chi connectivity index (χ1) is 12.0. The third-order valence-corrected chi connectivity index (χ3v) is 6.25. The highest BCUT2D eigenvalue weighted by Crippen LogP contribution is 2.59. The van der Waals surface area contributed by atoms with Crippen LogP contribution in [-0.4, -0.2) is 25.0 Å². The second kappa shape index (κ2) is 6.43. The van der Waals surface area contributed by atoms with Crippen molar-refractivity contribution in [2.45, 2.75) is 38.5 Å². The molecule has 1 aromatic rings. The number of rotatable bonds is 5. The highest BCUT2D eigenvalue weighted by Gasteiger charge is 2.50. The summed E-state index contributed by atoms with van der Waals surface area (Å²) >= 11 is 0. The lowest BCUT2D eigenvalue weighted by atomic mass is 9.49. The van der Waals surface area contributed by atoms with Crippen molar-refractivity contribution in [2.75, 3.05) is 13.2 Å². The number of hydrogen-bond acceptors (Lipinski definition) is 3. The molecule has 5 heteroatoms. The van der Waals surface area contributed by atoms with E-state index in [1.165, 1.54) is 56.7 Å². The van der Waals surface area contributed by atoms with E-state index >= 15 is 0 Å². The number of amides is 1. The fourth-order valence-electron chi connectivity index (χ4n) is 5.68. The number of hydrogen-bond donors (Lipinski definition) is 1. The van der Waals surface area contributed by atoms with Gasteiger partial charge in [0.1, 0.15) is 5.82 Å². The number of esters is 1. The van der Waals surface area contributed by atoms with Gasteiger partial charge in [-0.15, -0.1) is 0 Å². The summed E-state index contributed by atoms with van der Waals surface area (Å²) in [7, 11) is 0. The molecule has 134 valence electrons. The Kier molecular flexibility index (Phi) is 4.26. The molecule has 1 N–H and O–H groups in total. The van der Waals surface area contributed by atoms with Gasteiger partial charge in [0.15, 0.2) is 6.61 Å². The van der Waals surface area contributed by atoms with Crippen LogP contribution < -0.4 is 5.32 Å². The van der Waals surface area contributed by atoms with Gasteiger partial charge in [0, 0.05) is 6.54 Å². The maximum absolute atomic E-state index is 13.5. The summed E-state index contributed by atoms with van der Waals surface area (Å²) in [6.07, 6.45) is 7.76. The second-order valence-electron chi connectivity index (χ2n) is 8.25. The molecule has 4 saturated carbocycles. The standard InChI is InChI=1S/C20H24FNO3/c21-17-4-2-1-3-16(17)19(24)25-11-18(23)22-12-20-8-13-5-14(9-20)7-15(6-13)10-20/h1-4,13-15H,5-12H2,(H,22,23). The lowest BCUT2D eigenvalue weighted by Crippen LogP contribution is -2.51. The van der Waals surface area contributed by atoms with Crippen molar-refractivity contribution in [1.82, 2.24) is 5.32 Å². The summed E-state index contributed by atoms with van der Waals surface area (Å²) in [5.41, 5.74) is 0.108. The first-order valence-electron chi connectivity index (χ1n) is 9.21. The van der Waals surface area contributed by atoms with Crippen molar-refractivity contribution in [3.63, 3.8) is 0 Å². The Morgan fingerprint density at radius 3 is 2.28 bits per heavy atom. The lowest BCUT2D eigenvalue weighted by Gasteiger charge is -2.56. The van der Waals surface area contributed by atoms with Gasteiger partial charge in [-0.3, -0.25) is 4.79 Å². The predicted octanol–water partition coefficient (Wildman–Crippen LogP) is 3.32. The van der Waals surface area contributed by atoms with Gasteiger partial charge in [-0.05, 0) is 73.8 Å². The third kappa shape index (κ3) is 3.42. The number of halogens is 1. The molecule has 0 atom stereocenters. The zero-order valence-electron chi connectivity index (χ0n) is 14.3. The van der Waals surface area contributed by atoms with Crippen molar-refractivity contribution in [1.29, 1.82) is 0 Å². The zero-order valence-corrected chi connectivity index (χ0v) is 14.3. The first kappa shape index (κ1) is 16.6. The van der Waals surface area contributed by atoms with Crippen LogP contribution in [0.25, 0.3) is 0 Å². The molecule has 0 heterocycles. The molecule has 4 nitrogen and oxygen atoms in total. The molecule has 5 rings (SSSR count). The number of carbonyl (C=O) groups is 2. The molecular formula is C20H24FNO3. The van der Waals surface area contributed by atoms with Crippen molar-refractivity contribution in [2.24, 2.45) is 23.2 Å². The maximum Gasteiger partial charge on any atom is 0.341 e. The summed E-state index contributed by atoms with van der Waals surface area (Å²) in [6, 6.07) is 5.62. The summed E-state index contributed by atoms with van der Waals surface area (Å²) in [4.78, 5) is 23.9. The molecule has 4 aliphatic rings. The Morgan fingerprint density at radius 1 is 1.08 bits per heavy atom. The van der Waals surface area contributed by atoms with Crippen molar-refractivity contribution in [3.8, 4) is 0 Å². The quantitative estimate of drug-likeness (QED) is 0.833. The van der Waals surface area contributed by atoms with Crippen molar-refractivity contribution >= 4 is 11.9 Å². The molecular weight excluding hydrogens is 321 g/mol. The highest BCUT2D eigenvalue weighted by molar-refractivity contribution is 5.91. The van der Waals surface area contributed by atoms with E-state index in [4.69, 9.17) is 4.74 Å². The second-order valence-corrected chi connectivity index (χ2v) is 8.25. The minimum absolute atomic E-state index is 0.142.